The maximum Gasteiger partial charge on any atom is 0.153 e. The standard InChI is InChI=1S/C5H4N4O/c1-4(7-3-6-1)5-2-10-9-8-5/h1-3H,(H,6,7). The van der Waals surface area contributed by atoms with E-state index < -0.39 is 0 Å². The van der Waals surface area contributed by atoms with Crippen LogP contribution in [0.1, 0.15) is 0 Å². The fourth-order valence-electron chi connectivity index (χ4n) is 0.678. The van der Waals surface area contributed by atoms with Crippen LogP contribution in [0.15, 0.2) is 23.3 Å². The van der Waals surface area contributed by atoms with Crippen LogP contribution in [0.3, 0.4) is 0 Å². The molecule has 0 aliphatic rings. The van der Waals surface area contributed by atoms with E-state index in [4.69, 9.17) is 0 Å². The maximum atomic E-state index is 4.53. The van der Waals surface area contributed by atoms with Gasteiger partial charge in [0, 0.05) is 5.27 Å². The molecule has 0 aliphatic heterocycles. The van der Waals surface area contributed by atoms with E-state index in [0.717, 1.165) is 5.69 Å². The van der Waals surface area contributed by atoms with Crippen molar-refractivity contribution < 1.29 is 4.52 Å². The molecule has 0 fully saturated rings. The summed E-state index contributed by atoms with van der Waals surface area (Å²) in [4.78, 5) is 6.68. The summed E-state index contributed by atoms with van der Waals surface area (Å²) in [5.74, 6) is 0. The number of aromatic amines is 1. The molecule has 0 bridgehead atoms. The minimum atomic E-state index is 0.664. The molecule has 2 heterocycles. The van der Waals surface area contributed by atoms with Gasteiger partial charge in [-0.15, -0.1) is 5.10 Å². The quantitative estimate of drug-likeness (QED) is 0.618. The second-order valence-corrected chi connectivity index (χ2v) is 1.76. The summed E-state index contributed by atoms with van der Waals surface area (Å²) < 4.78 is 4.53. The highest BCUT2D eigenvalue weighted by Gasteiger charge is 2.00. The molecule has 1 N–H and O–H groups in total. The van der Waals surface area contributed by atoms with Crippen LogP contribution < -0.4 is 0 Å². The molecular weight excluding hydrogens is 132 g/mol. The van der Waals surface area contributed by atoms with Crippen molar-refractivity contribution in [3.05, 3.63) is 18.8 Å². The van der Waals surface area contributed by atoms with Crippen LogP contribution in [0.5, 0.6) is 0 Å². The molecule has 0 unspecified atom stereocenters. The van der Waals surface area contributed by atoms with Crippen molar-refractivity contribution >= 4 is 0 Å². The molecule has 0 aromatic carbocycles. The van der Waals surface area contributed by atoms with Crippen LogP contribution in [-0.2, 0) is 0 Å². The van der Waals surface area contributed by atoms with Crippen molar-refractivity contribution in [3.8, 4) is 11.4 Å². The third-order valence-electron chi connectivity index (χ3n) is 1.13. The highest BCUT2D eigenvalue weighted by atomic mass is 16.5. The van der Waals surface area contributed by atoms with Crippen molar-refractivity contribution in [2.45, 2.75) is 0 Å². The fourth-order valence-corrected chi connectivity index (χ4v) is 0.678. The number of hydrogen-bond donors (Lipinski definition) is 1. The van der Waals surface area contributed by atoms with Gasteiger partial charge in [0.25, 0.3) is 0 Å². The molecule has 0 radical (unpaired) electrons. The van der Waals surface area contributed by atoms with Gasteiger partial charge in [-0.3, -0.25) is 0 Å². The zero-order valence-electron chi connectivity index (χ0n) is 4.98. The van der Waals surface area contributed by atoms with Gasteiger partial charge in [-0.2, -0.15) is 0 Å². The Morgan fingerprint density at radius 1 is 1.50 bits per heavy atom. The van der Waals surface area contributed by atoms with Crippen molar-refractivity contribution in [1.29, 1.82) is 0 Å². The van der Waals surface area contributed by atoms with Crippen molar-refractivity contribution in [3.63, 3.8) is 0 Å². The van der Waals surface area contributed by atoms with Crippen LogP contribution in [0.2, 0.25) is 0 Å². The van der Waals surface area contributed by atoms with Crippen LogP contribution in [0, 0.1) is 0 Å². The van der Waals surface area contributed by atoms with Crippen molar-refractivity contribution in [2.75, 3.05) is 0 Å². The third-order valence-corrected chi connectivity index (χ3v) is 1.13. The van der Waals surface area contributed by atoms with Gasteiger partial charge >= 0.3 is 0 Å². The molecule has 0 saturated heterocycles. The lowest BCUT2D eigenvalue weighted by Gasteiger charge is -1.80. The lowest BCUT2D eigenvalue weighted by Crippen LogP contribution is -1.75. The largest absolute Gasteiger partial charge is 0.345 e. The summed E-state index contributed by atoms with van der Waals surface area (Å²) in [6.45, 7) is 0. The van der Waals surface area contributed by atoms with Gasteiger partial charge in [-0.05, 0) is 0 Å². The molecule has 0 aliphatic carbocycles. The summed E-state index contributed by atoms with van der Waals surface area (Å²) in [5, 5.41) is 6.98. The second-order valence-electron chi connectivity index (χ2n) is 1.76. The topological polar surface area (TPSA) is 67.6 Å². The number of hydrogen-bond acceptors (Lipinski definition) is 4. The number of rotatable bonds is 1. The van der Waals surface area contributed by atoms with Crippen molar-refractivity contribution in [1.82, 2.24) is 20.3 Å². The summed E-state index contributed by atoms with van der Waals surface area (Å²) in [5.41, 5.74) is 1.47. The van der Waals surface area contributed by atoms with E-state index in [2.05, 4.69) is 24.9 Å². The fraction of sp³-hybridized carbons (Fsp3) is 0. The van der Waals surface area contributed by atoms with Gasteiger partial charge in [-0.25, -0.2) is 4.98 Å². The van der Waals surface area contributed by atoms with E-state index in [0.29, 0.717) is 5.69 Å². The Bertz CT molecular complexity index is 253. The lowest BCUT2D eigenvalue weighted by atomic mass is 10.4. The van der Waals surface area contributed by atoms with Crippen LogP contribution in [0.4, 0.5) is 0 Å². The summed E-state index contributed by atoms with van der Waals surface area (Å²) in [6, 6.07) is 0. The van der Waals surface area contributed by atoms with E-state index in [1.165, 1.54) is 6.26 Å². The smallest absolute Gasteiger partial charge is 0.153 e. The molecule has 5 nitrogen and oxygen atoms in total. The minimum Gasteiger partial charge on any atom is -0.345 e. The monoisotopic (exact) mass is 136 g/mol. The molecule has 2 rings (SSSR count). The average Bonchev–Trinajstić information content (AvgIpc) is 2.59. The van der Waals surface area contributed by atoms with Gasteiger partial charge in [0.1, 0.15) is 0 Å². The Morgan fingerprint density at radius 2 is 2.50 bits per heavy atom. The maximum absolute atomic E-state index is 4.53. The summed E-state index contributed by atoms with van der Waals surface area (Å²) >= 11 is 0. The van der Waals surface area contributed by atoms with Crippen LogP contribution in [0.25, 0.3) is 11.4 Å². The summed E-state index contributed by atoms with van der Waals surface area (Å²) in [7, 11) is 0. The molecule has 50 valence electrons. The first-order valence-corrected chi connectivity index (χ1v) is 2.72. The highest BCUT2D eigenvalue weighted by Crippen LogP contribution is 2.09. The van der Waals surface area contributed by atoms with Gasteiger partial charge in [0.15, 0.2) is 12.0 Å². The molecule has 0 atom stereocenters. The Hall–Kier alpha value is -1.65. The Kier molecular flexibility index (Phi) is 1.00. The number of H-pyrrole nitrogens is 1. The molecule has 0 saturated carbocycles. The second kappa shape index (κ2) is 1.94. The van der Waals surface area contributed by atoms with Gasteiger partial charge in [-0.1, -0.05) is 0 Å². The SMILES string of the molecule is c1ncc(-c2conn2)[nH]1. The molecule has 10 heavy (non-hydrogen) atoms. The lowest BCUT2D eigenvalue weighted by molar-refractivity contribution is 0.393. The normalized spacial score (nSPS) is 10.0. The van der Waals surface area contributed by atoms with Gasteiger partial charge in [0.05, 0.1) is 18.2 Å². The predicted molar refractivity (Wildman–Crippen MR) is 31.9 cm³/mol. The van der Waals surface area contributed by atoms with E-state index >= 15 is 0 Å². The van der Waals surface area contributed by atoms with Gasteiger partial charge in [0.2, 0.25) is 0 Å². The van der Waals surface area contributed by atoms with E-state index in [1.807, 2.05) is 0 Å². The minimum absolute atomic E-state index is 0.664. The molecule has 0 amide bonds. The first kappa shape index (κ1) is 5.16. The van der Waals surface area contributed by atoms with Crippen LogP contribution >= 0.6 is 0 Å². The molecule has 2 aromatic heterocycles. The molecule has 5 heteroatoms. The predicted octanol–water partition coefficient (Wildman–Crippen LogP) is 0.460. The summed E-state index contributed by atoms with van der Waals surface area (Å²) in [6.07, 6.45) is 4.68. The van der Waals surface area contributed by atoms with E-state index in [-0.39, 0.29) is 0 Å². The number of aromatic nitrogens is 4. The molecular formula is C5H4N4O. The Morgan fingerprint density at radius 3 is 3.10 bits per heavy atom. The average molecular weight is 136 g/mol. The first-order valence-electron chi connectivity index (χ1n) is 2.72. The van der Waals surface area contributed by atoms with E-state index in [9.17, 15) is 0 Å². The Balaban J connectivity index is 2.48. The first-order chi connectivity index (χ1) is 4.97. The third kappa shape index (κ3) is 0.680. The molecule has 0 spiro atoms. The number of nitrogens with zero attached hydrogens (tertiary/aromatic N) is 3. The van der Waals surface area contributed by atoms with Gasteiger partial charge < -0.3 is 9.51 Å². The zero-order valence-corrected chi connectivity index (χ0v) is 4.98. The van der Waals surface area contributed by atoms with Crippen molar-refractivity contribution in [2.24, 2.45) is 0 Å². The van der Waals surface area contributed by atoms with Crippen LogP contribution in [-0.4, -0.2) is 20.3 Å². The zero-order chi connectivity index (χ0) is 6.81. The Labute approximate surface area is 56.1 Å². The number of imidazole rings is 1. The molecule has 2 aromatic rings. The van der Waals surface area contributed by atoms with E-state index in [1.54, 1.807) is 12.5 Å². The highest BCUT2D eigenvalue weighted by molar-refractivity contribution is 5.49. The number of nitrogens with one attached hydrogen (secondary N) is 1.